The molecule has 2 rings (SSSR count). The summed E-state index contributed by atoms with van der Waals surface area (Å²) < 4.78 is 1.79. The molecule has 0 bridgehead atoms. The van der Waals surface area contributed by atoms with Crippen LogP contribution >= 0.6 is 11.6 Å². The third-order valence-electron chi connectivity index (χ3n) is 2.71. The van der Waals surface area contributed by atoms with Crippen LogP contribution in [0.3, 0.4) is 0 Å². The number of halogens is 1. The van der Waals surface area contributed by atoms with Crippen LogP contribution in [0.5, 0.6) is 0 Å². The van der Waals surface area contributed by atoms with Gasteiger partial charge >= 0.3 is 0 Å². The number of rotatable bonds is 3. The summed E-state index contributed by atoms with van der Waals surface area (Å²) in [5.74, 6) is -0.146. The molecule has 1 amide bonds. The fraction of sp³-hybridized carbons (Fsp3) is 0.308. The summed E-state index contributed by atoms with van der Waals surface area (Å²) in [4.78, 5) is 20.3. The van der Waals surface area contributed by atoms with Crippen molar-refractivity contribution in [2.24, 2.45) is 0 Å². The molecule has 2 aromatic heterocycles. The quantitative estimate of drug-likeness (QED) is 0.852. The Morgan fingerprint density at radius 3 is 2.70 bits per heavy atom. The molecule has 0 saturated carbocycles. The number of aryl methyl sites for hydroxylation is 1. The number of hydrogen-bond acceptors (Lipinski definition) is 4. The van der Waals surface area contributed by atoms with Crippen LogP contribution in [0.15, 0.2) is 18.3 Å². The van der Waals surface area contributed by atoms with E-state index in [4.69, 9.17) is 17.3 Å². The summed E-state index contributed by atoms with van der Waals surface area (Å²) >= 11 is 5.84. The molecule has 0 saturated heterocycles. The standard InChI is InChI=1S/C13H16ClN5O/c1-7(2)19-6-9(15)5-10(19)12(20)18-13-16-8(3)4-11(14)17-13/h4-7H,15H2,1-3H3,(H,16,17,18,20). The summed E-state index contributed by atoms with van der Waals surface area (Å²) in [6.45, 7) is 5.71. The van der Waals surface area contributed by atoms with Gasteiger partial charge < -0.3 is 10.3 Å². The Bertz CT molecular complexity index is 630. The van der Waals surface area contributed by atoms with Crippen LogP contribution in [0.4, 0.5) is 11.6 Å². The molecule has 0 atom stereocenters. The van der Waals surface area contributed by atoms with Gasteiger partial charge in [0, 0.05) is 17.9 Å². The molecule has 3 N–H and O–H groups in total. The highest BCUT2D eigenvalue weighted by atomic mass is 35.5. The number of nitrogen functional groups attached to an aromatic ring is 1. The lowest BCUT2D eigenvalue weighted by Crippen LogP contribution is -2.19. The predicted octanol–water partition coefficient (Wildman–Crippen LogP) is 2.66. The zero-order chi connectivity index (χ0) is 14.9. The van der Waals surface area contributed by atoms with E-state index >= 15 is 0 Å². The Morgan fingerprint density at radius 1 is 1.40 bits per heavy atom. The normalized spacial score (nSPS) is 10.8. The van der Waals surface area contributed by atoms with E-state index in [0.29, 0.717) is 17.1 Å². The number of nitrogens with one attached hydrogen (secondary N) is 1. The Kier molecular flexibility index (Phi) is 3.94. The minimum absolute atomic E-state index is 0.120. The van der Waals surface area contributed by atoms with Gasteiger partial charge in [0.2, 0.25) is 5.95 Å². The number of nitrogens with two attached hydrogens (primary N) is 1. The van der Waals surface area contributed by atoms with Gasteiger partial charge in [0.15, 0.2) is 0 Å². The van der Waals surface area contributed by atoms with Gasteiger partial charge in [-0.05, 0) is 32.9 Å². The lowest BCUT2D eigenvalue weighted by atomic mass is 10.3. The van der Waals surface area contributed by atoms with Gasteiger partial charge in [-0.25, -0.2) is 9.97 Å². The molecule has 0 spiro atoms. The molecule has 106 valence electrons. The van der Waals surface area contributed by atoms with E-state index in [1.54, 1.807) is 29.8 Å². The largest absolute Gasteiger partial charge is 0.397 e. The van der Waals surface area contributed by atoms with Crippen molar-refractivity contribution in [3.63, 3.8) is 0 Å². The van der Waals surface area contributed by atoms with Crippen molar-refractivity contribution in [2.45, 2.75) is 26.8 Å². The van der Waals surface area contributed by atoms with Gasteiger partial charge in [0.25, 0.3) is 5.91 Å². The van der Waals surface area contributed by atoms with E-state index in [1.165, 1.54) is 0 Å². The van der Waals surface area contributed by atoms with E-state index < -0.39 is 0 Å². The van der Waals surface area contributed by atoms with Crippen molar-refractivity contribution >= 4 is 29.1 Å². The fourth-order valence-electron chi connectivity index (χ4n) is 1.86. The van der Waals surface area contributed by atoms with E-state index in [1.807, 2.05) is 13.8 Å². The summed E-state index contributed by atoms with van der Waals surface area (Å²) in [5.41, 5.74) is 7.41. The average Bonchev–Trinajstić information content (AvgIpc) is 2.70. The van der Waals surface area contributed by atoms with Gasteiger partial charge in [-0.3, -0.25) is 10.1 Å². The Balaban J connectivity index is 2.28. The Labute approximate surface area is 122 Å². The second-order valence-corrected chi connectivity index (χ2v) is 5.16. The van der Waals surface area contributed by atoms with E-state index in [9.17, 15) is 4.79 Å². The minimum Gasteiger partial charge on any atom is -0.397 e. The number of anilines is 2. The summed E-state index contributed by atoms with van der Waals surface area (Å²) in [6, 6.07) is 3.36. The van der Waals surface area contributed by atoms with E-state index in [2.05, 4.69) is 15.3 Å². The Morgan fingerprint density at radius 2 is 2.10 bits per heavy atom. The first kappa shape index (κ1) is 14.3. The summed E-state index contributed by atoms with van der Waals surface area (Å²) in [7, 11) is 0. The van der Waals surface area contributed by atoms with Crippen molar-refractivity contribution in [2.75, 3.05) is 11.1 Å². The highest BCUT2D eigenvalue weighted by molar-refractivity contribution is 6.29. The molecule has 2 heterocycles. The smallest absolute Gasteiger partial charge is 0.274 e. The third kappa shape index (κ3) is 3.08. The van der Waals surface area contributed by atoms with Gasteiger partial charge in [-0.15, -0.1) is 0 Å². The lowest BCUT2D eigenvalue weighted by Gasteiger charge is -2.12. The van der Waals surface area contributed by atoms with Gasteiger partial charge in [0.1, 0.15) is 10.8 Å². The van der Waals surface area contributed by atoms with Crippen LogP contribution in [-0.4, -0.2) is 20.4 Å². The number of nitrogens with zero attached hydrogens (tertiary/aromatic N) is 3. The molecule has 6 nitrogen and oxygen atoms in total. The van der Waals surface area contributed by atoms with Crippen molar-refractivity contribution in [1.82, 2.24) is 14.5 Å². The number of carbonyl (C=O) groups is 1. The molecule has 0 aliphatic heterocycles. The monoisotopic (exact) mass is 293 g/mol. The molecule has 7 heteroatoms. The van der Waals surface area contributed by atoms with Crippen LogP contribution in [-0.2, 0) is 0 Å². The number of amides is 1. The maximum absolute atomic E-state index is 12.3. The molecule has 0 aliphatic rings. The van der Waals surface area contributed by atoms with Crippen LogP contribution in [0.2, 0.25) is 5.15 Å². The first-order valence-electron chi connectivity index (χ1n) is 6.16. The molecular weight excluding hydrogens is 278 g/mol. The second kappa shape index (κ2) is 5.50. The van der Waals surface area contributed by atoms with Gasteiger partial charge in [-0.2, -0.15) is 0 Å². The first-order chi connectivity index (χ1) is 9.36. The van der Waals surface area contributed by atoms with Crippen LogP contribution in [0.1, 0.15) is 36.1 Å². The maximum Gasteiger partial charge on any atom is 0.274 e. The summed E-state index contributed by atoms with van der Waals surface area (Å²) in [6.07, 6.45) is 1.73. The van der Waals surface area contributed by atoms with Crippen molar-refractivity contribution in [1.29, 1.82) is 0 Å². The van der Waals surface area contributed by atoms with Gasteiger partial charge in [0.05, 0.1) is 5.69 Å². The SMILES string of the molecule is Cc1cc(Cl)nc(NC(=O)c2cc(N)cn2C(C)C)n1. The van der Waals surface area contributed by atoms with Gasteiger partial charge in [-0.1, -0.05) is 11.6 Å². The predicted molar refractivity (Wildman–Crippen MR) is 79.0 cm³/mol. The first-order valence-corrected chi connectivity index (χ1v) is 6.54. The molecule has 2 aromatic rings. The van der Waals surface area contributed by atoms with Crippen LogP contribution in [0.25, 0.3) is 0 Å². The molecule has 20 heavy (non-hydrogen) atoms. The van der Waals surface area contributed by atoms with E-state index in [-0.39, 0.29) is 23.1 Å². The zero-order valence-electron chi connectivity index (χ0n) is 11.5. The lowest BCUT2D eigenvalue weighted by molar-refractivity contribution is 0.101. The zero-order valence-corrected chi connectivity index (χ0v) is 12.3. The minimum atomic E-state index is -0.322. The second-order valence-electron chi connectivity index (χ2n) is 4.77. The summed E-state index contributed by atoms with van der Waals surface area (Å²) in [5, 5.41) is 2.91. The molecule has 0 fully saturated rings. The number of hydrogen-bond donors (Lipinski definition) is 2. The van der Waals surface area contributed by atoms with Crippen molar-refractivity contribution in [3.05, 3.63) is 34.9 Å². The maximum atomic E-state index is 12.3. The third-order valence-corrected chi connectivity index (χ3v) is 2.90. The van der Waals surface area contributed by atoms with Crippen LogP contribution < -0.4 is 11.1 Å². The highest BCUT2D eigenvalue weighted by Crippen LogP contribution is 2.18. The fourth-order valence-corrected chi connectivity index (χ4v) is 2.10. The van der Waals surface area contributed by atoms with Crippen molar-refractivity contribution < 1.29 is 4.79 Å². The topological polar surface area (TPSA) is 85.8 Å². The molecule has 0 aliphatic carbocycles. The molecular formula is C13H16ClN5O. The Hall–Kier alpha value is -2.08. The molecule has 0 radical (unpaired) electrons. The average molecular weight is 294 g/mol. The number of aromatic nitrogens is 3. The van der Waals surface area contributed by atoms with E-state index in [0.717, 1.165) is 0 Å². The van der Waals surface area contributed by atoms with Crippen LogP contribution in [0, 0.1) is 6.92 Å². The molecule has 0 aromatic carbocycles. The highest BCUT2D eigenvalue weighted by Gasteiger charge is 2.16. The molecule has 0 unspecified atom stereocenters. The number of carbonyl (C=O) groups excluding carboxylic acids is 1. The van der Waals surface area contributed by atoms with Crippen molar-refractivity contribution in [3.8, 4) is 0 Å².